The van der Waals surface area contributed by atoms with Crippen molar-refractivity contribution in [1.29, 1.82) is 0 Å². The molecule has 1 aliphatic heterocycles. The minimum absolute atomic E-state index is 0.490. The number of aromatic nitrogens is 2. The molecule has 2 aromatic carbocycles. The Labute approximate surface area is 104 Å². The van der Waals surface area contributed by atoms with Crippen molar-refractivity contribution in [3.05, 3.63) is 54.2 Å². The lowest BCUT2D eigenvalue weighted by atomic mass is 10.1. The van der Waals surface area contributed by atoms with Crippen LogP contribution in [0.1, 0.15) is 5.69 Å². The van der Waals surface area contributed by atoms with Gasteiger partial charge in [-0.2, -0.15) is 0 Å². The lowest BCUT2D eigenvalue weighted by molar-refractivity contribution is 0.297. The number of hydrogen-bond acceptors (Lipinski definition) is 3. The minimum Gasteiger partial charge on any atom is -0.487 e. The first kappa shape index (κ1) is 9.59. The molecule has 3 aromatic rings. The van der Waals surface area contributed by atoms with Crippen molar-refractivity contribution in [2.45, 2.75) is 6.61 Å². The van der Waals surface area contributed by atoms with Crippen LogP contribution in [0.15, 0.2) is 48.5 Å². The maximum absolute atomic E-state index is 5.70. The number of nitrogens with zero attached hydrogens (tertiary/aromatic N) is 2. The van der Waals surface area contributed by atoms with Crippen LogP contribution in [0.5, 0.6) is 5.75 Å². The highest BCUT2D eigenvalue weighted by molar-refractivity contribution is 5.80. The van der Waals surface area contributed by atoms with Crippen LogP contribution in [0.4, 0.5) is 0 Å². The van der Waals surface area contributed by atoms with Crippen molar-refractivity contribution in [2.24, 2.45) is 0 Å². The quantitative estimate of drug-likeness (QED) is 0.599. The number of benzene rings is 2. The van der Waals surface area contributed by atoms with Gasteiger partial charge in [-0.05, 0) is 24.3 Å². The predicted molar refractivity (Wildman–Crippen MR) is 69.3 cm³/mol. The molecule has 0 fully saturated rings. The number of fused-ring (bicyclic) bond motifs is 4. The Balaban J connectivity index is 2.06. The Morgan fingerprint density at radius 2 is 1.56 bits per heavy atom. The first-order valence-electron chi connectivity index (χ1n) is 5.90. The van der Waals surface area contributed by atoms with Crippen LogP contribution in [0.2, 0.25) is 0 Å². The number of para-hydroxylation sites is 3. The van der Waals surface area contributed by atoms with E-state index in [9.17, 15) is 0 Å². The molecule has 3 nitrogen and oxygen atoms in total. The topological polar surface area (TPSA) is 35.0 Å². The Hall–Kier alpha value is -2.42. The summed E-state index contributed by atoms with van der Waals surface area (Å²) in [6.45, 7) is 0.490. The van der Waals surface area contributed by atoms with E-state index in [1.54, 1.807) is 0 Å². The van der Waals surface area contributed by atoms with Gasteiger partial charge in [-0.3, -0.25) is 0 Å². The zero-order valence-electron chi connectivity index (χ0n) is 9.63. The minimum atomic E-state index is 0.490. The third-order valence-electron chi connectivity index (χ3n) is 3.15. The van der Waals surface area contributed by atoms with Gasteiger partial charge >= 0.3 is 0 Å². The van der Waals surface area contributed by atoms with Gasteiger partial charge in [-0.25, -0.2) is 9.97 Å². The van der Waals surface area contributed by atoms with E-state index >= 15 is 0 Å². The molecule has 2 heterocycles. The number of ether oxygens (including phenoxy) is 1. The third kappa shape index (κ3) is 1.31. The maximum Gasteiger partial charge on any atom is 0.132 e. The maximum atomic E-state index is 5.70. The van der Waals surface area contributed by atoms with E-state index < -0.39 is 0 Å². The fourth-order valence-corrected chi connectivity index (χ4v) is 2.29. The second-order valence-corrected chi connectivity index (χ2v) is 4.29. The van der Waals surface area contributed by atoms with E-state index in [2.05, 4.69) is 4.98 Å². The summed E-state index contributed by atoms with van der Waals surface area (Å²) in [5.41, 5.74) is 4.71. The van der Waals surface area contributed by atoms with Crippen molar-refractivity contribution in [2.75, 3.05) is 0 Å². The Kier molecular flexibility index (Phi) is 1.88. The van der Waals surface area contributed by atoms with Gasteiger partial charge in [-0.1, -0.05) is 24.3 Å². The molecule has 0 aliphatic carbocycles. The smallest absolute Gasteiger partial charge is 0.132 e. The second-order valence-electron chi connectivity index (χ2n) is 4.29. The molecule has 0 spiro atoms. The monoisotopic (exact) mass is 234 g/mol. The Morgan fingerprint density at radius 1 is 0.833 bits per heavy atom. The first-order valence-corrected chi connectivity index (χ1v) is 5.90. The van der Waals surface area contributed by atoms with Gasteiger partial charge in [0.15, 0.2) is 0 Å². The van der Waals surface area contributed by atoms with E-state index in [0.29, 0.717) is 6.61 Å². The molecule has 0 saturated carbocycles. The summed E-state index contributed by atoms with van der Waals surface area (Å²) in [5, 5.41) is 0. The first-order chi connectivity index (χ1) is 8.92. The van der Waals surface area contributed by atoms with Crippen molar-refractivity contribution in [3.8, 4) is 17.0 Å². The summed E-state index contributed by atoms with van der Waals surface area (Å²) in [6, 6.07) is 15.9. The molecule has 18 heavy (non-hydrogen) atoms. The number of hydrogen-bond donors (Lipinski definition) is 0. The molecule has 0 saturated heterocycles. The van der Waals surface area contributed by atoms with Crippen LogP contribution in [0, 0.1) is 0 Å². The fraction of sp³-hybridized carbons (Fsp3) is 0.0667. The zero-order chi connectivity index (χ0) is 11.9. The lowest BCUT2D eigenvalue weighted by Crippen LogP contribution is -2.09. The zero-order valence-corrected chi connectivity index (χ0v) is 9.63. The molecule has 3 heteroatoms. The van der Waals surface area contributed by atoms with Gasteiger partial charge in [0.25, 0.3) is 0 Å². The highest BCUT2D eigenvalue weighted by Crippen LogP contribution is 2.35. The standard InChI is InChI=1S/C15H10N2O/c1-4-8-14-10(5-1)15-13(9-18-14)16-11-6-2-3-7-12(11)17-15/h1-8H,9H2. The van der Waals surface area contributed by atoms with Crippen LogP contribution in [0.3, 0.4) is 0 Å². The van der Waals surface area contributed by atoms with Crippen LogP contribution in [-0.2, 0) is 6.61 Å². The van der Waals surface area contributed by atoms with Crippen LogP contribution in [0.25, 0.3) is 22.3 Å². The summed E-state index contributed by atoms with van der Waals surface area (Å²) in [6.07, 6.45) is 0. The Bertz CT molecular complexity index is 752. The van der Waals surface area contributed by atoms with E-state index in [-0.39, 0.29) is 0 Å². The van der Waals surface area contributed by atoms with Gasteiger partial charge in [0, 0.05) is 5.56 Å². The molecule has 0 atom stereocenters. The highest BCUT2D eigenvalue weighted by Gasteiger charge is 2.19. The molecule has 0 radical (unpaired) electrons. The van der Waals surface area contributed by atoms with Crippen LogP contribution < -0.4 is 4.74 Å². The van der Waals surface area contributed by atoms with E-state index in [4.69, 9.17) is 9.72 Å². The average Bonchev–Trinajstić information content (AvgIpc) is 2.45. The SMILES string of the molecule is c1ccc2c(c1)OCc1nc3ccccc3nc1-2. The highest BCUT2D eigenvalue weighted by atomic mass is 16.5. The molecule has 1 aliphatic rings. The van der Waals surface area contributed by atoms with Gasteiger partial charge in [-0.15, -0.1) is 0 Å². The second kappa shape index (κ2) is 3.53. The molecule has 0 N–H and O–H groups in total. The van der Waals surface area contributed by atoms with Gasteiger partial charge in [0.05, 0.1) is 16.7 Å². The normalized spacial score (nSPS) is 12.7. The molecule has 0 unspecified atom stereocenters. The van der Waals surface area contributed by atoms with E-state index in [1.807, 2.05) is 48.5 Å². The van der Waals surface area contributed by atoms with Crippen molar-refractivity contribution in [3.63, 3.8) is 0 Å². The van der Waals surface area contributed by atoms with Crippen LogP contribution in [-0.4, -0.2) is 9.97 Å². The van der Waals surface area contributed by atoms with Crippen molar-refractivity contribution < 1.29 is 4.74 Å². The summed E-state index contributed by atoms with van der Waals surface area (Å²) >= 11 is 0. The van der Waals surface area contributed by atoms with E-state index in [0.717, 1.165) is 33.7 Å². The molecule has 86 valence electrons. The molecule has 4 rings (SSSR count). The fourth-order valence-electron chi connectivity index (χ4n) is 2.29. The lowest BCUT2D eigenvalue weighted by Gasteiger charge is -2.19. The van der Waals surface area contributed by atoms with Gasteiger partial charge in [0.2, 0.25) is 0 Å². The molecule has 0 amide bonds. The van der Waals surface area contributed by atoms with Crippen molar-refractivity contribution >= 4 is 11.0 Å². The summed E-state index contributed by atoms with van der Waals surface area (Å²) in [4.78, 5) is 9.34. The van der Waals surface area contributed by atoms with Gasteiger partial charge < -0.3 is 4.74 Å². The molecule has 1 aromatic heterocycles. The Morgan fingerprint density at radius 3 is 2.44 bits per heavy atom. The third-order valence-corrected chi connectivity index (χ3v) is 3.15. The van der Waals surface area contributed by atoms with Gasteiger partial charge in [0.1, 0.15) is 18.1 Å². The molecular formula is C15H10N2O. The van der Waals surface area contributed by atoms with Crippen LogP contribution >= 0.6 is 0 Å². The van der Waals surface area contributed by atoms with Crippen molar-refractivity contribution in [1.82, 2.24) is 9.97 Å². The number of rotatable bonds is 0. The molecular weight excluding hydrogens is 224 g/mol. The average molecular weight is 234 g/mol. The molecule has 0 bridgehead atoms. The summed E-state index contributed by atoms with van der Waals surface area (Å²) < 4.78 is 5.70. The largest absolute Gasteiger partial charge is 0.487 e. The summed E-state index contributed by atoms with van der Waals surface area (Å²) in [5.74, 6) is 0.884. The van der Waals surface area contributed by atoms with E-state index in [1.165, 1.54) is 0 Å². The predicted octanol–water partition coefficient (Wildman–Crippen LogP) is 3.19. The summed E-state index contributed by atoms with van der Waals surface area (Å²) in [7, 11) is 0.